The van der Waals surface area contributed by atoms with Crippen LogP contribution in [-0.2, 0) is 16.1 Å². The molecule has 2 aliphatic heterocycles. The molecule has 2 atom stereocenters. The predicted octanol–water partition coefficient (Wildman–Crippen LogP) is 4.11. The highest BCUT2D eigenvalue weighted by atomic mass is 16.2. The molecule has 1 aromatic heterocycles. The molecule has 8 nitrogen and oxygen atoms in total. The van der Waals surface area contributed by atoms with Crippen LogP contribution in [0.3, 0.4) is 0 Å². The number of hydrogen-bond acceptors (Lipinski definition) is 5. The van der Waals surface area contributed by atoms with Gasteiger partial charge in [0, 0.05) is 6.04 Å². The van der Waals surface area contributed by atoms with E-state index < -0.39 is 17.7 Å². The first-order valence-electron chi connectivity index (χ1n) is 12.9. The first kappa shape index (κ1) is 23.3. The minimum atomic E-state index is -0.568. The van der Waals surface area contributed by atoms with Gasteiger partial charge in [-0.15, -0.1) is 5.10 Å². The van der Waals surface area contributed by atoms with Gasteiger partial charge < -0.3 is 4.90 Å². The normalized spacial score (nSPS) is 22.1. The summed E-state index contributed by atoms with van der Waals surface area (Å²) in [5.41, 5.74) is 3.54. The van der Waals surface area contributed by atoms with E-state index in [0.29, 0.717) is 16.9 Å². The third kappa shape index (κ3) is 4.16. The highest BCUT2D eigenvalue weighted by Gasteiger charge is 2.50. The lowest BCUT2D eigenvalue weighted by molar-refractivity contribution is -0.157. The first-order valence-corrected chi connectivity index (χ1v) is 12.9. The number of carbonyl (C=O) groups is 3. The van der Waals surface area contributed by atoms with Gasteiger partial charge in [0.15, 0.2) is 6.04 Å². The summed E-state index contributed by atoms with van der Waals surface area (Å²) >= 11 is 0. The smallest absolute Gasteiger partial charge is 0.299 e. The molecule has 37 heavy (non-hydrogen) atoms. The Bertz CT molecular complexity index is 1390. The second-order valence-electron chi connectivity index (χ2n) is 10.2. The number of fused-ring (bicyclic) bond motifs is 1. The molecular weight excluding hydrogens is 466 g/mol. The maximum absolute atomic E-state index is 13.4. The van der Waals surface area contributed by atoms with Gasteiger partial charge in [0.2, 0.25) is 0 Å². The molecule has 0 radical (unpaired) electrons. The van der Waals surface area contributed by atoms with Crippen molar-refractivity contribution in [2.24, 2.45) is 0 Å². The van der Waals surface area contributed by atoms with Crippen LogP contribution >= 0.6 is 0 Å². The van der Waals surface area contributed by atoms with Crippen LogP contribution in [0.1, 0.15) is 65.3 Å². The Kier molecular flexibility index (Phi) is 5.94. The lowest BCUT2D eigenvalue weighted by Crippen LogP contribution is -2.64. The first-order chi connectivity index (χ1) is 18.0. The third-order valence-corrected chi connectivity index (χ3v) is 7.70. The molecule has 3 aromatic rings. The average Bonchev–Trinajstić information content (AvgIpc) is 3.46. The Morgan fingerprint density at radius 1 is 1.00 bits per heavy atom. The van der Waals surface area contributed by atoms with E-state index in [1.165, 1.54) is 11.3 Å². The maximum Gasteiger partial charge on any atom is 0.299 e. The number of carbonyl (C=O) groups excluding carboxylic acids is 3. The molecule has 2 fully saturated rings. The maximum atomic E-state index is 13.4. The van der Waals surface area contributed by atoms with Crippen molar-refractivity contribution in [3.05, 3.63) is 83.2 Å². The number of amides is 2. The zero-order valence-electron chi connectivity index (χ0n) is 20.8. The van der Waals surface area contributed by atoms with Crippen molar-refractivity contribution >= 4 is 29.4 Å². The largest absolute Gasteiger partial charge is 0.329 e. The van der Waals surface area contributed by atoms with E-state index in [1.54, 1.807) is 23.0 Å². The summed E-state index contributed by atoms with van der Waals surface area (Å²) in [7, 11) is 0. The Morgan fingerprint density at radius 2 is 1.78 bits per heavy atom. The highest BCUT2D eigenvalue weighted by molar-refractivity contribution is 6.52. The standard InChI is InChI=1S/C29H29N5O3/c1-19-12-14-24-23(16-19)27(35)29(37)32(24)17-21-18-33(31-30-21)26-25(15-13-20-8-4-2-5-9-20)34(28(26)36)22-10-6-3-7-11-22/h2,4-5,8-9,12-16,18,22,25-26H,3,6-7,10-11,17H2,1H3/b15-13+/t25-,26+/m1/s1. The zero-order valence-corrected chi connectivity index (χ0v) is 20.8. The summed E-state index contributed by atoms with van der Waals surface area (Å²) in [6.45, 7) is 2.01. The predicted molar refractivity (Wildman–Crippen MR) is 139 cm³/mol. The Labute approximate surface area is 215 Å². The summed E-state index contributed by atoms with van der Waals surface area (Å²) in [5, 5.41) is 8.56. The molecule has 0 bridgehead atoms. The van der Waals surface area contributed by atoms with Crippen molar-refractivity contribution in [2.45, 2.75) is 63.7 Å². The number of aromatic nitrogens is 3. The van der Waals surface area contributed by atoms with Crippen molar-refractivity contribution in [3.8, 4) is 0 Å². The fraction of sp³-hybridized carbons (Fsp3) is 0.345. The van der Waals surface area contributed by atoms with E-state index >= 15 is 0 Å². The fourth-order valence-electron chi connectivity index (χ4n) is 5.79. The molecule has 1 saturated heterocycles. The van der Waals surface area contributed by atoms with E-state index in [1.807, 2.05) is 48.2 Å². The average molecular weight is 496 g/mol. The van der Waals surface area contributed by atoms with Crippen LogP contribution in [-0.4, -0.2) is 49.6 Å². The van der Waals surface area contributed by atoms with E-state index in [9.17, 15) is 14.4 Å². The van der Waals surface area contributed by atoms with Crippen LogP contribution in [0, 0.1) is 6.92 Å². The molecule has 0 unspecified atom stereocenters. The summed E-state index contributed by atoms with van der Waals surface area (Å²) < 4.78 is 1.62. The van der Waals surface area contributed by atoms with Crippen molar-refractivity contribution in [1.29, 1.82) is 0 Å². The van der Waals surface area contributed by atoms with E-state index in [2.05, 4.69) is 22.5 Å². The molecule has 3 aliphatic rings. The van der Waals surface area contributed by atoms with Crippen molar-refractivity contribution in [2.75, 3.05) is 4.90 Å². The van der Waals surface area contributed by atoms with Crippen molar-refractivity contribution in [3.63, 3.8) is 0 Å². The van der Waals surface area contributed by atoms with Crippen LogP contribution in [0.2, 0.25) is 0 Å². The lowest BCUT2D eigenvalue weighted by atomic mass is 9.85. The molecule has 3 heterocycles. The molecule has 0 N–H and O–H groups in total. The molecule has 0 spiro atoms. The lowest BCUT2D eigenvalue weighted by Gasteiger charge is -2.50. The minimum Gasteiger partial charge on any atom is -0.329 e. The summed E-state index contributed by atoms with van der Waals surface area (Å²) in [5.74, 6) is -1.02. The molecule has 2 amide bonds. The number of likely N-dealkylation sites (tertiary alicyclic amines) is 1. The van der Waals surface area contributed by atoms with Gasteiger partial charge >= 0.3 is 0 Å². The van der Waals surface area contributed by atoms with Crippen LogP contribution in [0.15, 0.2) is 60.8 Å². The Balaban J connectivity index is 1.25. The monoisotopic (exact) mass is 495 g/mol. The van der Waals surface area contributed by atoms with Gasteiger partial charge in [-0.25, -0.2) is 4.68 Å². The second-order valence-corrected chi connectivity index (χ2v) is 10.2. The zero-order chi connectivity index (χ0) is 25.5. The molecule has 1 saturated carbocycles. The molecule has 8 heteroatoms. The van der Waals surface area contributed by atoms with Gasteiger partial charge in [-0.3, -0.25) is 19.3 Å². The summed E-state index contributed by atoms with van der Waals surface area (Å²) in [6.07, 6.45) is 11.5. The number of rotatable bonds is 6. The molecule has 6 rings (SSSR count). The van der Waals surface area contributed by atoms with E-state index in [0.717, 1.165) is 36.8 Å². The van der Waals surface area contributed by atoms with Gasteiger partial charge in [0.1, 0.15) is 5.69 Å². The van der Waals surface area contributed by atoms with Gasteiger partial charge in [0.05, 0.1) is 30.0 Å². The SMILES string of the molecule is Cc1ccc2c(c1)C(=O)C(=O)N2Cc1cn([C@@H]2C(=O)N(C3CCCCC3)[C@@H]2/C=C/c2ccccc2)nn1. The number of anilines is 1. The molecule has 1 aliphatic carbocycles. The highest BCUT2D eigenvalue weighted by Crippen LogP contribution is 2.38. The van der Waals surface area contributed by atoms with Gasteiger partial charge in [-0.05, 0) is 37.5 Å². The number of ketones is 1. The third-order valence-electron chi connectivity index (χ3n) is 7.70. The number of Topliss-reactive ketones (excluding diaryl/α,β-unsaturated/α-hetero) is 1. The van der Waals surface area contributed by atoms with Crippen LogP contribution in [0.5, 0.6) is 0 Å². The fourth-order valence-corrected chi connectivity index (χ4v) is 5.79. The van der Waals surface area contributed by atoms with Crippen LogP contribution in [0.4, 0.5) is 5.69 Å². The second kappa shape index (κ2) is 9.42. The van der Waals surface area contributed by atoms with Crippen LogP contribution in [0.25, 0.3) is 6.08 Å². The number of β-lactam (4-membered cyclic amide) rings is 1. The van der Waals surface area contributed by atoms with Gasteiger partial charge in [-0.2, -0.15) is 0 Å². The number of benzene rings is 2. The van der Waals surface area contributed by atoms with Gasteiger partial charge in [0.25, 0.3) is 17.6 Å². The minimum absolute atomic E-state index is 0.0549. The topological polar surface area (TPSA) is 88.4 Å². The van der Waals surface area contributed by atoms with Crippen LogP contribution < -0.4 is 4.90 Å². The Hall–Kier alpha value is -4.07. The summed E-state index contributed by atoms with van der Waals surface area (Å²) in [4.78, 5) is 42.0. The van der Waals surface area contributed by atoms with Crippen molar-refractivity contribution < 1.29 is 14.4 Å². The molecule has 188 valence electrons. The molecule has 2 aromatic carbocycles. The van der Waals surface area contributed by atoms with E-state index in [-0.39, 0.29) is 24.5 Å². The summed E-state index contributed by atoms with van der Waals surface area (Å²) in [6, 6.07) is 15.1. The van der Waals surface area contributed by atoms with Crippen molar-refractivity contribution in [1.82, 2.24) is 19.9 Å². The quantitative estimate of drug-likeness (QED) is 0.379. The van der Waals surface area contributed by atoms with Gasteiger partial charge in [-0.1, -0.05) is 78.6 Å². The van der Waals surface area contributed by atoms with E-state index in [4.69, 9.17) is 0 Å². The molecular formula is C29H29N5O3. The number of hydrogen-bond donors (Lipinski definition) is 0. The number of aryl methyl sites for hydroxylation is 1. The number of nitrogens with zero attached hydrogens (tertiary/aromatic N) is 5. The Morgan fingerprint density at radius 3 is 2.57 bits per heavy atom.